The number of aromatic nitrogens is 1. The van der Waals surface area contributed by atoms with Gasteiger partial charge >= 0.3 is 0 Å². The Morgan fingerprint density at radius 1 is 1.19 bits per heavy atom. The van der Waals surface area contributed by atoms with E-state index in [1.165, 1.54) is 29.1 Å². The number of nitrogens with one attached hydrogen (secondary N) is 1. The van der Waals surface area contributed by atoms with Crippen molar-refractivity contribution < 1.29 is 14.4 Å². The predicted molar refractivity (Wildman–Crippen MR) is 126 cm³/mol. The third-order valence-electron chi connectivity index (χ3n) is 5.05. The Kier molecular flexibility index (Phi) is 6.15. The predicted octanol–water partition coefficient (Wildman–Crippen LogP) is 5.10. The summed E-state index contributed by atoms with van der Waals surface area (Å²) in [6.07, 6.45) is 3.08. The molecule has 2 aliphatic rings. The Balaban J connectivity index is 1.37. The number of carbonyl (C=O) groups is 1. The van der Waals surface area contributed by atoms with Gasteiger partial charge in [-0.1, -0.05) is 28.6 Å². The number of nitrogens with zero attached hydrogens (tertiary/aromatic N) is 3. The van der Waals surface area contributed by atoms with Gasteiger partial charge in [-0.2, -0.15) is 0 Å². The van der Waals surface area contributed by atoms with Crippen molar-refractivity contribution in [3.63, 3.8) is 0 Å². The third kappa shape index (κ3) is 4.98. The largest absolute Gasteiger partial charge is 0.389 e. The van der Waals surface area contributed by atoms with Gasteiger partial charge in [0.1, 0.15) is 5.69 Å². The number of hydrogen-bond donors (Lipinski definition) is 1. The second kappa shape index (κ2) is 9.35. The van der Waals surface area contributed by atoms with Crippen molar-refractivity contribution in [3.8, 4) is 0 Å². The van der Waals surface area contributed by atoms with E-state index in [-0.39, 0.29) is 11.8 Å². The lowest BCUT2D eigenvalue weighted by Crippen LogP contribution is -2.25. The molecule has 0 radical (unpaired) electrons. The molecule has 0 bridgehead atoms. The minimum absolute atomic E-state index is 0.167. The first-order valence-electron chi connectivity index (χ1n) is 10.3. The minimum Gasteiger partial charge on any atom is -0.389 e. The molecule has 5 rings (SSSR count). The van der Waals surface area contributed by atoms with Crippen LogP contribution in [0, 0.1) is 4.91 Å². The molecule has 1 saturated heterocycles. The molecule has 10 heteroatoms. The number of rotatable bonds is 8. The molecule has 1 aromatic heterocycles. The van der Waals surface area contributed by atoms with Gasteiger partial charge in [0, 0.05) is 22.1 Å². The third-order valence-corrected chi connectivity index (χ3v) is 7.33. The monoisotopic (exact) mass is 468 g/mol. The first-order chi connectivity index (χ1) is 15.7. The molecule has 0 unspecified atom stereocenters. The molecule has 1 atom stereocenters. The van der Waals surface area contributed by atoms with Crippen LogP contribution in [0.3, 0.4) is 0 Å². The van der Waals surface area contributed by atoms with E-state index in [4.69, 9.17) is 9.57 Å². The zero-order valence-electron chi connectivity index (χ0n) is 17.0. The lowest BCUT2D eigenvalue weighted by molar-refractivity contribution is -0.110. The second-order valence-electron chi connectivity index (χ2n) is 7.59. The summed E-state index contributed by atoms with van der Waals surface area (Å²) < 4.78 is 6.09. The molecule has 1 aliphatic heterocycles. The van der Waals surface area contributed by atoms with Crippen LogP contribution in [0.25, 0.3) is 10.2 Å². The highest BCUT2D eigenvalue weighted by Crippen LogP contribution is 2.39. The summed E-state index contributed by atoms with van der Waals surface area (Å²) in [6, 6.07) is 12.7. The van der Waals surface area contributed by atoms with Crippen LogP contribution in [0.2, 0.25) is 0 Å². The summed E-state index contributed by atoms with van der Waals surface area (Å²) in [5.74, 6) is -0.417. The van der Waals surface area contributed by atoms with Crippen molar-refractivity contribution in [2.24, 2.45) is 10.3 Å². The normalized spacial score (nSPS) is 18.6. The molecule has 1 N–H and O–H groups in total. The van der Waals surface area contributed by atoms with Crippen molar-refractivity contribution in [1.82, 2.24) is 4.98 Å². The fraction of sp³-hybridized carbons (Fsp3) is 0.318. The number of oxime groups is 1. The molecule has 0 spiro atoms. The summed E-state index contributed by atoms with van der Waals surface area (Å²) >= 11 is 3.12. The van der Waals surface area contributed by atoms with E-state index in [0.29, 0.717) is 40.4 Å². The molecule has 1 amide bonds. The van der Waals surface area contributed by atoms with Crippen LogP contribution in [0.5, 0.6) is 0 Å². The van der Waals surface area contributed by atoms with E-state index in [2.05, 4.69) is 20.6 Å². The zero-order valence-corrected chi connectivity index (χ0v) is 18.7. The summed E-state index contributed by atoms with van der Waals surface area (Å²) in [6.45, 7) is 1.08. The van der Waals surface area contributed by atoms with Gasteiger partial charge in [-0.25, -0.2) is 4.98 Å². The van der Waals surface area contributed by atoms with Crippen molar-refractivity contribution in [2.75, 3.05) is 18.5 Å². The average Bonchev–Trinajstić information content (AvgIpc) is 3.30. The summed E-state index contributed by atoms with van der Waals surface area (Å²) in [4.78, 5) is 35.1. The number of thioether (sulfide) groups is 1. The maximum Gasteiger partial charge on any atom is 0.280 e. The van der Waals surface area contributed by atoms with Crippen LogP contribution in [-0.4, -0.2) is 41.2 Å². The Labute approximate surface area is 192 Å². The molecule has 2 heterocycles. The number of ether oxygens (including phenoxy) is 1. The van der Waals surface area contributed by atoms with Crippen molar-refractivity contribution in [2.45, 2.75) is 35.5 Å². The summed E-state index contributed by atoms with van der Waals surface area (Å²) in [5.41, 5.74) is 1.83. The van der Waals surface area contributed by atoms with Gasteiger partial charge < -0.3 is 9.57 Å². The van der Waals surface area contributed by atoms with Gasteiger partial charge in [0.05, 0.1) is 23.4 Å². The van der Waals surface area contributed by atoms with E-state index < -0.39 is 5.91 Å². The van der Waals surface area contributed by atoms with Gasteiger partial charge in [-0.3, -0.25) is 10.1 Å². The number of benzene rings is 2. The molecule has 164 valence electrons. The highest BCUT2D eigenvalue weighted by molar-refractivity contribution is 8.00. The topological polar surface area (TPSA) is 102 Å². The number of thiazole rings is 1. The van der Waals surface area contributed by atoms with Crippen LogP contribution < -0.4 is 5.32 Å². The Bertz CT molecular complexity index is 1170. The molecule has 3 aromatic rings. The lowest BCUT2D eigenvalue weighted by atomic mass is 10.1. The lowest BCUT2D eigenvalue weighted by Gasteiger charge is -2.10. The SMILES string of the molecule is O=Nc1ccc2nc(NC(=O)/C(=N/O[C@@H]3CCOC3)c3ccc(SC4CC4)cc3)sc2c1. The van der Waals surface area contributed by atoms with Gasteiger partial charge in [0.15, 0.2) is 16.9 Å². The Hall–Kier alpha value is -2.82. The summed E-state index contributed by atoms with van der Waals surface area (Å²) in [5, 5.41) is 11.1. The van der Waals surface area contributed by atoms with Crippen LogP contribution in [0.15, 0.2) is 57.7 Å². The van der Waals surface area contributed by atoms with E-state index in [1.54, 1.807) is 18.2 Å². The fourth-order valence-electron chi connectivity index (χ4n) is 3.20. The van der Waals surface area contributed by atoms with Crippen LogP contribution >= 0.6 is 23.1 Å². The highest BCUT2D eigenvalue weighted by atomic mass is 32.2. The average molecular weight is 469 g/mol. The second-order valence-corrected chi connectivity index (χ2v) is 9.99. The van der Waals surface area contributed by atoms with E-state index in [9.17, 15) is 9.70 Å². The van der Waals surface area contributed by atoms with Gasteiger partial charge in [-0.05, 0) is 48.4 Å². The molecule has 1 saturated carbocycles. The van der Waals surface area contributed by atoms with Gasteiger partial charge in [-0.15, -0.1) is 16.7 Å². The summed E-state index contributed by atoms with van der Waals surface area (Å²) in [7, 11) is 0. The van der Waals surface area contributed by atoms with Crippen LogP contribution in [0.4, 0.5) is 10.8 Å². The van der Waals surface area contributed by atoms with Crippen LogP contribution in [0.1, 0.15) is 24.8 Å². The molecular formula is C22H20N4O4S2. The maximum atomic E-state index is 13.1. The van der Waals surface area contributed by atoms with Crippen molar-refractivity contribution >= 4 is 55.8 Å². The van der Waals surface area contributed by atoms with Crippen LogP contribution in [-0.2, 0) is 14.4 Å². The minimum atomic E-state index is -0.417. The molecule has 2 aromatic carbocycles. The zero-order chi connectivity index (χ0) is 21.9. The number of anilines is 1. The molecule has 2 fully saturated rings. The smallest absolute Gasteiger partial charge is 0.280 e. The number of amides is 1. The Morgan fingerprint density at radius 2 is 2.03 bits per heavy atom. The number of carbonyl (C=O) groups excluding carboxylic acids is 1. The number of fused-ring (bicyclic) bond motifs is 1. The Morgan fingerprint density at radius 3 is 2.75 bits per heavy atom. The van der Waals surface area contributed by atoms with Gasteiger partial charge in [0.25, 0.3) is 5.91 Å². The molecule has 1 aliphatic carbocycles. The molecular weight excluding hydrogens is 448 g/mol. The first-order valence-corrected chi connectivity index (χ1v) is 12.0. The quantitative estimate of drug-likeness (QED) is 0.280. The fourth-order valence-corrected chi connectivity index (χ4v) is 5.14. The van der Waals surface area contributed by atoms with Crippen molar-refractivity contribution in [3.05, 3.63) is 52.9 Å². The first kappa shape index (κ1) is 21.0. The molecule has 8 nitrogen and oxygen atoms in total. The van der Waals surface area contributed by atoms with E-state index in [0.717, 1.165) is 11.1 Å². The van der Waals surface area contributed by atoms with E-state index in [1.807, 2.05) is 36.0 Å². The number of hydrogen-bond acceptors (Lipinski definition) is 9. The molecule has 32 heavy (non-hydrogen) atoms. The number of nitroso groups, excluding NO2 is 1. The maximum absolute atomic E-state index is 13.1. The highest BCUT2D eigenvalue weighted by Gasteiger charge is 2.24. The standard InChI is InChI=1S/C22H20N4O4S2/c27-21(24-22-23-18-8-3-14(25-28)11-19(18)32-22)20(26-30-15-9-10-29-12-15)13-1-4-16(5-2-13)31-17-6-7-17/h1-5,8,11,15,17H,6-7,9-10,12H2,(H,23,24,27)/b26-20+/t15-/m1/s1. The van der Waals surface area contributed by atoms with Gasteiger partial charge in [0.2, 0.25) is 0 Å². The van der Waals surface area contributed by atoms with Crippen molar-refractivity contribution in [1.29, 1.82) is 0 Å². The van der Waals surface area contributed by atoms with E-state index >= 15 is 0 Å².